The molecule has 0 unspecified atom stereocenters. The van der Waals surface area contributed by atoms with E-state index >= 15 is 0 Å². The fraction of sp³-hybridized carbons (Fsp3) is 0.364. The first-order chi connectivity index (χ1) is 16.1. The van der Waals surface area contributed by atoms with Crippen LogP contribution in [0.25, 0.3) is 21.3 Å². The van der Waals surface area contributed by atoms with Crippen LogP contribution in [0, 0.1) is 6.92 Å². The van der Waals surface area contributed by atoms with E-state index in [0.29, 0.717) is 41.4 Å². The first-order valence-electron chi connectivity index (χ1n) is 11.8. The number of aryl methyl sites for hydroxylation is 1. The Morgan fingerprint density at radius 2 is 2.07 bits per heavy atom. The van der Waals surface area contributed by atoms with Gasteiger partial charge in [-0.2, -0.15) is 0 Å². The number of thiazole rings is 1. The number of nitrogens with zero attached hydrogens (tertiary/aromatic N) is 1. The van der Waals surface area contributed by atoms with Crippen LogP contribution < -0.4 is 0 Å². The summed E-state index contributed by atoms with van der Waals surface area (Å²) in [4.78, 5) is 17.7. The van der Waals surface area contributed by atoms with Crippen LogP contribution in [0.2, 0.25) is 5.02 Å². The van der Waals surface area contributed by atoms with E-state index in [1.54, 1.807) is 44.2 Å². The van der Waals surface area contributed by atoms with Crippen molar-refractivity contribution in [1.29, 1.82) is 0 Å². The van der Waals surface area contributed by atoms with Crippen LogP contribution in [0.5, 0.6) is 0 Å². The Kier molecular flexibility index (Phi) is 4.62. The van der Waals surface area contributed by atoms with Crippen molar-refractivity contribution in [1.82, 2.24) is 4.98 Å². The molecule has 1 atom stereocenters. The summed E-state index contributed by atoms with van der Waals surface area (Å²) >= 11 is 10.8. The second-order valence-corrected chi connectivity index (χ2v) is 9.30. The van der Waals surface area contributed by atoms with Gasteiger partial charge in [-0.1, -0.05) is 23.7 Å². The zero-order valence-corrected chi connectivity index (χ0v) is 19.2. The van der Waals surface area contributed by atoms with E-state index in [1.807, 2.05) is 0 Å². The summed E-state index contributed by atoms with van der Waals surface area (Å²) in [5.74, 6) is -0.895. The highest BCUT2D eigenvalue weighted by Gasteiger charge is 2.33. The number of esters is 1. The molecule has 7 heteroatoms. The molecule has 0 radical (unpaired) electrons. The van der Waals surface area contributed by atoms with Gasteiger partial charge >= 0.3 is 5.97 Å². The van der Waals surface area contributed by atoms with Gasteiger partial charge < -0.3 is 9.47 Å². The minimum absolute atomic E-state index is 0.0133. The van der Waals surface area contributed by atoms with Gasteiger partial charge in [-0.25, -0.2) is 9.78 Å². The van der Waals surface area contributed by atoms with Crippen molar-refractivity contribution in [3.05, 3.63) is 50.4 Å². The summed E-state index contributed by atoms with van der Waals surface area (Å²) in [6, 6.07) is 8.61. The first-order valence-corrected chi connectivity index (χ1v) is 10.8. The van der Waals surface area contributed by atoms with Gasteiger partial charge in [-0.15, -0.1) is 11.3 Å². The van der Waals surface area contributed by atoms with Crippen molar-refractivity contribution in [2.45, 2.75) is 46.2 Å². The molecule has 2 aromatic carbocycles. The molecule has 29 heavy (non-hydrogen) atoms. The Bertz CT molecular complexity index is 1230. The van der Waals surface area contributed by atoms with Crippen LogP contribution in [0.15, 0.2) is 34.2 Å². The molecule has 3 aromatic rings. The molecule has 0 fully saturated rings. The Labute approximate surface area is 196 Å². The summed E-state index contributed by atoms with van der Waals surface area (Å²) in [7, 11) is 0. The molecule has 1 aromatic heterocycles. The lowest BCUT2D eigenvalue weighted by Crippen LogP contribution is -2.29. The van der Waals surface area contributed by atoms with Crippen molar-refractivity contribution in [2.24, 2.45) is 0 Å². The third-order valence-electron chi connectivity index (χ3n) is 4.15. The van der Waals surface area contributed by atoms with E-state index in [0.717, 1.165) is 6.92 Å². The minimum Gasteiger partial charge on any atom is -0.464 e. The maximum Gasteiger partial charge on any atom is 0.339 e. The highest BCUT2D eigenvalue weighted by molar-refractivity contribution is 9.11. The fourth-order valence-electron chi connectivity index (χ4n) is 3.10. The lowest BCUT2D eigenvalue weighted by molar-refractivity contribution is -0.166. The Morgan fingerprint density at radius 3 is 2.69 bits per heavy atom. The zero-order valence-electron chi connectivity index (χ0n) is 22.0. The normalized spacial score (nSPS) is 16.9. The quantitative estimate of drug-likeness (QED) is 0.349. The summed E-state index contributed by atoms with van der Waals surface area (Å²) in [6.07, 6.45) is -1.64. The Balaban J connectivity index is 2.38. The van der Waals surface area contributed by atoms with Gasteiger partial charge in [0.05, 0.1) is 22.4 Å². The number of ether oxygens (including phenoxy) is 2. The molecule has 4 nitrogen and oxygen atoms in total. The summed E-state index contributed by atoms with van der Waals surface area (Å²) in [5.41, 5.74) is 0.0497. The Morgan fingerprint density at radius 1 is 1.38 bits per heavy atom. The van der Waals surface area contributed by atoms with Gasteiger partial charge in [0.25, 0.3) is 0 Å². The number of rotatable bonds is 5. The van der Waals surface area contributed by atoms with Crippen LogP contribution in [0.4, 0.5) is 0 Å². The number of hydrogen-bond acceptors (Lipinski definition) is 5. The molecule has 1 heterocycles. The van der Waals surface area contributed by atoms with Gasteiger partial charge in [-0.3, -0.25) is 0 Å². The monoisotopic (exact) mass is 501 g/mol. The van der Waals surface area contributed by atoms with Crippen molar-refractivity contribution < 1.29 is 22.5 Å². The molecule has 0 N–H and O–H groups in total. The molecule has 154 valence electrons. The van der Waals surface area contributed by atoms with E-state index in [1.165, 1.54) is 11.3 Å². The largest absolute Gasteiger partial charge is 0.464 e. The predicted octanol–water partition coefficient (Wildman–Crippen LogP) is 7.11. The Hall–Kier alpha value is -1.47. The molecule has 0 aliphatic carbocycles. The van der Waals surface area contributed by atoms with Crippen LogP contribution >= 0.6 is 38.9 Å². The van der Waals surface area contributed by atoms with Crippen LogP contribution in [-0.4, -0.2) is 23.2 Å². The number of carbonyl (C=O) groups excluding carboxylic acids is 1. The first kappa shape index (κ1) is 15.3. The highest BCUT2D eigenvalue weighted by atomic mass is 79.9. The number of carbonyl (C=O) groups is 1. The van der Waals surface area contributed by atoms with E-state index in [-0.39, 0.29) is 6.61 Å². The van der Waals surface area contributed by atoms with Crippen molar-refractivity contribution in [3.8, 4) is 11.1 Å². The maximum atomic E-state index is 13.2. The van der Waals surface area contributed by atoms with Crippen molar-refractivity contribution in [3.63, 3.8) is 0 Å². The van der Waals surface area contributed by atoms with E-state index in [2.05, 4.69) is 20.9 Å². The van der Waals surface area contributed by atoms with Gasteiger partial charge in [-0.05, 0) is 79.7 Å². The molecule has 0 aliphatic heterocycles. The third-order valence-corrected chi connectivity index (χ3v) is 5.94. The average Bonchev–Trinajstić information content (AvgIpc) is 3.10. The SMILES string of the molecule is [2H]C([2H])([2H])C(C)(O[C@H](C(=O)OCC)c1c(C)cc2nc(Br)sc2c1-c1ccc(Cl)cc1)C([2H])([2H])[2H]. The molecule has 3 rings (SSSR count). The molecule has 0 spiro atoms. The fourth-order valence-corrected chi connectivity index (χ4v) is 4.76. The van der Waals surface area contributed by atoms with Gasteiger partial charge in [0.2, 0.25) is 0 Å². The number of benzene rings is 2. The smallest absolute Gasteiger partial charge is 0.339 e. The van der Waals surface area contributed by atoms with E-state index < -0.39 is 31.4 Å². The molecule has 0 saturated carbocycles. The second kappa shape index (κ2) is 8.72. The predicted molar refractivity (Wildman–Crippen MR) is 123 cm³/mol. The molecule has 0 amide bonds. The topological polar surface area (TPSA) is 48.4 Å². The zero-order chi connectivity index (χ0) is 26.3. The van der Waals surface area contributed by atoms with Crippen LogP contribution in [0.1, 0.15) is 53.0 Å². The summed E-state index contributed by atoms with van der Waals surface area (Å²) in [5, 5.41) is 0.500. The van der Waals surface area contributed by atoms with E-state index in [9.17, 15) is 4.79 Å². The average molecular weight is 503 g/mol. The highest BCUT2D eigenvalue weighted by Crippen LogP contribution is 2.43. The molecular formula is C22H23BrClNO3S. The lowest BCUT2D eigenvalue weighted by atomic mass is 9.91. The third kappa shape index (κ3) is 5.00. The molecule has 0 bridgehead atoms. The van der Waals surface area contributed by atoms with E-state index in [4.69, 9.17) is 29.3 Å². The number of aromatic nitrogens is 1. The maximum absolute atomic E-state index is 13.2. The number of halogens is 2. The molecule has 0 saturated heterocycles. The number of fused-ring (bicyclic) bond motifs is 1. The van der Waals surface area contributed by atoms with Crippen LogP contribution in [0.3, 0.4) is 0 Å². The van der Waals surface area contributed by atoms with Gasteiger partial charge in [0.1, 0.15) is 0 Å². The second-order valence-electron chi connectivity index (χ2n) is 6.59. The van der Waals surface area contributed by atoms with Gasteiger partial charge in [0.15, 0.2) is 10.0 Å². The van der Waals surface area contributed by atoms with Crippen molar-refractivity contribution >= 4 is 55.1 Å². The summed E-state index contributed by atoms with van der Waals surface area (Å²) in [6.45, 7) is -1.87. The summed E-state index contributed by atoms with van der Waals surface area (Å²) < 4.78 is 60.0. The molecule has 0 aliphatic rings. The number of hydrogen-bond donors (Lipinski definition) is 0. The molecular weight excluding hydrogens is 474 g/mol. The van der Waals surface area contributed by atoms with Gasteiger partial charge in [0, 0.05) is 24.4 Å². The standard InChI is InChI=1S/C22H23BrClNO3S/c1-6-27-20(26)18(28-22(3,4)5)16-12(2)11-15-19(29-21(23)25-15)17(16)13-7-9-14(24)10-8-13/h7-11,18H,6H2,1-5H3/t18-/m0/s1/i3D3,4D3. The van der Waals surface area contributed by atoms with Crippen LogP contribution in [-0.2, 0) is 14.3 Å². The van der Waals surface area contributed by atoms with Crippen molar-refractivity contribution in [2.75, 3.05) is 6.61 Å². The lowest BCUT2D eigenvalue weighted by Gasteiger charge is -2.29. The minimum atomic E-state index is -3.07.